The van der Waals surface area contributed by atoms with Gasteiger partial charge in [-0.2, -0.15) is 0 Å². The van der Waals surface area contributed by atoms with Crippen molar-refractivity contribution in [2.75, 3.05) is 0 Å². The first kappa shape index (κ1) is 12.9. The maximum absolute atomic E-state index is 2.61. The van der Waals surface area contributed by atoms with Gasteiger partial charge in [0.25, 0.3) is 0 Å². The molecule has 0 amide bonds. The summed E-state index contributed by atoms with van der Waals surface area (Å²) in [5, 5.41) is 0. The average molecular weight is 454 g/mol. The minimum absolute atomic E-state index is 0.413. The molecule has 0 bridgehead atoms. The Hall–Kier alpha value is 0.940. The van der Waals surface area contributed by atoms with E-state index in [4.69, 9.17) is 0 Å². The second-order valence-electron chi connectivity index (χ2n) is 6.39. The van der Waals surface area contributed by atoms with Crippen LogP contribution in [0.5, 0.6) is 0 Å². The minimum Gasteiger partial charge on any atom is -0.0781 e. The zero-order valence-electron chi connectivity index (χ0n) is 10.5. The van der Waals surface area contributed by atoms with E-state index in [-0.39, 0.29) is 0 Å². The monoisotopic (exact) mass is 454 g/mol. The summed E-state index contributed by atoms with van der Waals surface area (Å²) in [6, 6.07) is 0. The highest BCUT2D eigenvalue weighted by Crippen LogP contribution is 2.61. The first-order chi connectivity index (χ1) is 8.00. The lowest BCUT2D eigenvalue weighted by Crippen LogP contribution is -2.23. The van der Waals surface area contributed by atoms with Crippen LogP contribution in [0.1, 0.15) is 39.5 Å². The van der Waals surface area contributed by atoms with Gasteiger partial charge in [-0.25, -0.2) is 0 Å². The van der Waals surface area contributed by atoms with Crippen LogP contribution < -0.4 is 0 Å². The normalized spacial score (nSPS) is 43.5. The summed E-state index contributed by atoms with van der Waals surface area (Å²) < 4.78 is 2.38. The van der Waals surface area contributed by atoms with Gasteiger partial charge in [0.1, 0.15) is 0 Å². The summed E-state index contributed by atoms with van der Waals surface area (Å²) in [5.41, 5.74) is 2.20. The van der Waals surface area contributed by atoms with E-state index in [9.17, 15) is 0 Å². The van der Waals surface area contributed by atoms with Crippen molar-refractivity contribution in [1.29, 1.82) is 0 Å². The lowest BCUT2D eigenvalue weighted by molar-refractivity contribution is 0.254. The molecule has 0 aromatic carbocycles. The number of alkyl halides is 1. The van der Waals surface area contributed by atoms with Gasteiger partial charge in [-0.15, -0.1) is 0 Å². The summed E-state index contributed by atoms with van der Waals surface area (Å²) in [4.78, 5) is 0. The number of hydrogen-bond donors (Lipinski definition) is 0. The van der Waals surface area contributed by atoms with Gasteiger partial charge >= 0.3 is 0 Å². The molecule has 0 radical (unpaired) electrons. The molecule has 4 atom stereocenters. The molecule has 0 saturated heterocycles. The van der Waals surface area contributed by atoms with Crippen LogP contribution >= 0.6 is 45.2 Å². The standard InChI is InChI=1S/C15H20I2/c1-15(2)13-7-9(16)3-5-11(13)12-6-4-10(17)8-14(12)15/h7-9,11-12,14H,3-6H2,1-2H3/t9?,11-,12?,14?/m1/s1. The molecule has 1 saturated carbocycles. The minimum atomic E-state index is 0.413. The Morgan fingerprint density at radius 1 is 1.18 bits per heavy atom. The van der Waals surface area contributed by atoms with E-state index in [0.717, 1.165) is 21.7 Å². The van der Waals surface area contributed by atoms with Crippen LogP contribution in [0.15, 0.2) is 21.3 Å². The fraction of sp³-hybridized carbons (Fsp3) is 0.733. The Morgan fingerprint density at radius 3 is 2.71 bits per heavy atom. The smallest absolute Gasteiger partial charge is 0.0292 e. The molecule has 3 aliphatic carbocycles. The van der Waals surface area contributed by atoms with Crippen molar-refractivity contribution in [2.24, 2.45) is 23.2 Å². The molecule has 0 aromatic rings. The maximum atomic E-state index is 2.61. The number of halogens is 2. The van der Waals surface area contributed by atoms with E-state index < -0.39 is 0 Å². The molecule has 17 heavy (non-hydrogen) atoms. The Kier molecular flexibility index (Phi) is 3.42. The van der Waals surface area contributed by atoms with Gasteiger partial charge in [0.15, 0.2) is 0 Å². The lowest BCUT2D eigenvalue weighted by atomic mass is 9.74. The molecule has 2 heteroatoms. The van der Waals surface area contributed by atoms with Gasteiger partial charge in [0.05, 0.1) is 0 Å². The summed E-state index contributed by atoms with van der Waals surface area (Å²) in [5.74, 6) is 2.65. The van der Waals surface area contributed by atoms with Crippen molar-refractivity contribution in [3.05, 3.63) is 21.3 Å². The van der Waals surface area contributed by atoms with Crippen LogP contribution in [-0.2, 0) is 0 Å². The fourth-order valence-electron chi connectivity index (χ4n) is 4.31. The van der Waals surface area contributed by atoms with E-state index >= 15 is 0 Å². The first-order valence-electron chi connectivity index (χ1n) is 6.72. The quantitative estimate of drug-likeness (QED) is 0.257. The van der Waals surface area contributed by atoms with Crippen molar-refractivity contribution < 1.29 is 0 Å². The number of allylic oxidation sites excluding steroid dienone is 4. The van der Waals surface area contributed by atoms with Gasteiger partial charge in [0.2, 0.25) is 0 Å². The molecule has 3 aliphatic rings. The molecule has 94 valence electrons. The summed E-state index contributed by atoms with van der Waals surface area (Å²) in [6.07, 6.45) is 10.8. The van der Waals surface area contributed by atoms with Crippen molar-refractivity contribution >= 4 is 45.2 Å². The Morgan fingerprint density at radius 2 is 1.94 bits per heavy atom. The molecule has 1 fully saturated rings. The van der Waals surface area contributed by atoms with Gasteiger partial charge < -0.3 is 0 Å². The predicted octanol–water partition coefficient (Wildman–Crippen LogP) is 5.51. The zero-order chi connectivity index (χ0) is 12.2. The predicted molar refractivity (Wildman–Crippen MR) is 90.7 cm³/mol. The Bertz CT molecular complexity index is 392. The van der Waals surface area contributed by atoms with E-state index in [1.165, 1.54) is 25.7 Å². The Labute approximate surface area is 132 Å². The summed E-state index contributed by atoms with van der Waals surface area (Å²) in [6.45, 7) is 4.97. The molecule has 0 aliphatic heterocycles. The van der Waals surface area contributed by atoms with Gasteiger partial charge in [0, 0.05) is 3.92 Å². The summed E-state index contributed by atoms with van der Waals surface area (Å²) >= 11 is 5.16. The van der Waals surface area contributed by atoms with Crippen LogP contribution in [0, 0.1) is 23.2 Å². The lowest BCUT2D eigenvalue weighted by Gasteiger charge is -2.32. The summed E-state index contributed by atoms with van der Waals surface area (Å²) in [7, 11) is 0. The van der Waals surface area contributed by atoms with Gasteiger partial charge in [-0.3, -0.25) is 0 Å². The highest BCUT2D eigenvalue weighted by Gasteiger charge is 2.52. The number of fused-ring (bicyclic) bond motifs is 3. The van der Waals surface area contributed by atoms with Crippen LogP contribution in [0.3, 0.4) is 0 Å². The van der Waals surface area contributed by atoms with Gasteiger partial charge in [-0.1, -0.05) is 54.2 Å². The molecule has 0 heterocycles. The number of rotatable bonds is 0. The van der Waals surface area contributed by atoms with Crippen LogP contribution in [-0.4, -0.2) is 3.92 Å². The number of hydrogen-bond acceptors (Lipinski definition) is 0. The maximum Gasteiger partial charge on any atom is 0.0292 e. The highest BCUT2D eigenvalue weighted by atomic mass is 127. The molecule has 0 N–H and O–H groups in total. The van der Waals surface area contributed by atoms with Crippen molar-refractivity contribution in [2.45, 2.75) is 43.5 Å². The first-order valence-corrected chi connectivity index (χ1v) is 9.05. The molecule has 0 spiro atoms. The molecule has 0 nitrogen and oxygen atoms in total. The topological polar surface area (TPSA) is 0 Å². The highest BCUT2D eigenvalue weighted by molar-refractivity contribution is 14.1. The fourth-order valence-corrected chi connectivity index (χ4v) is 5.75. The third-order valence-corrected chi connectivity index (χ3v) is 7.03. The molecule has 3 rings (SSSR count). The largest absolute Gasteiger partial charge is 0.0781 e. The average Bonchev–Trinajstić information content (AvgIpc) is 2.49. The molecular weight excluding hydrogens is 434 g/mol. The van der Waals surface area contributed by atoms with Crippen LogP contribution in [0.25, 0.3) is 0 Å². The Balaban J connectivity index is 2.04. The van der Waals surface area contributed by atoms with E-state index in [2.05, 4.69) is 71.2 Å². The molecular formula is C15H20I2. The second kappa shape index (κ2) is 4.50. The third-order valence-electron chi connectivity index (χ3n) is 5.15. The third kappa shape index (κ3) is 2.05. The van der Waals surface area contributed by atoms with E-state index in [1.54, 1.807) is 9.15 Å². The van der Waals surface area contributed by atoms with E-state index in [1.807, 2.05) is 0 Å². The molecule has 0 aromatic heterocycles. The van der Waals surface area contributed by atoms with Crippen LogP contribution in [0.4, 0.5) is 0 Å². The van der Waals surface area contributed by atoms with Gasteiger partial charge in [-0.05, 0) is 75.0 Å². The zero-order valence-corrected chi connectivity index (χ0v) is 14.9. The van der Waals surface area contributed by atoms with E-state index in [0.29, 0.717) is 5.41 Å². The molecule has 3 unspecified atom stereocenters. The van der Waals surface area contributed by atoms with Crippen LogP contribution in [0.2, 0.25) is 0 Å². The SMILES string of the molecule is CC1(C)C2=CC(I)CC[C@@H]2C2CCC(I)=CC21. The van der Waals surface area contributed by atoms with Crippen molar-refractivity contribution in [3.8, 4) is 0 Å². The van der Waals surface area contributed by atoms with Crippen molar-refractivity contribution in [1.82, 2.24) is 0 Å². The van der Waals surface area contributed by atoms with Crippen molar-refractivity contribution in [3.63, 3.8) is 0 Å². The second-order valence-corrected chi connectivity index (χ2v) is 9.37.